The van der Waals surface area contributed by atoms with Crippen LogP contribution < -0.4 is 10.7 Å². The molecule has 1 heterocycles. The first-order chi connectivity index (χ1) is 8.08. The molecule has 17 heavy (non-hydrogen) atoms. The Morgan fingerprint density at radius 2 is 2.12 bits per heavy atom. The van der Waals surface area contributed by atoms with Crippen molar-refractivity contribution < 1.29 is 15.0 Å². The fourth-order valence-corrected chi connectivity index (χ4v) is 1.34. The third-order valence-electron chi connectivity index (χ3n) is 2.73. The van der Waals surface area contributed by atoms with Gasteiger partial charge < -0.3 is 20.5 Å². The molecule has 1 amide bonds. The number of carbonyl (C=O) groups is 1. The highest BCUT2D eigenvalue weighted by molar-refractivity contribution is 5.94. The summed E-state index contributed by atoms with van der Waals surface area (Å²) < 4.78 is 0. The van der Waals surface area contributed by atoms with Gasteiger partial charge in [0.25, 0.3) is 5.91 Å². The number of aliphatic hydroxyl groups excluding tert-OH is 2. The number of hydrogen-bond acceptors (Lipinski definition) is 4. The molecule has 94 valence electrons. The molecule has 1 rings (SSSR count). The first-order valence-corrected chi connectivity index (χ1v) is 5.30. The van der Waals surface area contributed by atoms with Crippen molar-refractivity contribution in [3.8, 4) is 0 Å². The van der Waals surface area contributed by atoms with Crippen LogP contribution in [-0.4, -0.2) is 39.9 Å². The summed E-state index contributed by atoms with van der Waals surface area (Å²) in [5.74, 6) is -0.614. The van der Waals surface area contributed by atoms with E-state index in [9.17, 15) is 19.8 Å². The second kappa shape index (κ2) is 5.60. The van der Waals surface area contributed by atoms with Crippen molar-refractivity contribution in [1.29, 1.82) is 0 Å². The number of aromatic nitrogens is 1. The lowest BCUT2D eigenvalue weighted by atomic mass is 9.98. The van der Waals surface area contributed by atoms with Gasteiger partial charge in [-0.15, -0.1) is 0 Å². The van der Waals surface area contributed by atoms with Gasteiger partial charge in [-0.3, -0.25) is 9.59 Å². The van der Waals surface area contributed by atoms with Gasteiger partial charge in [0.05, 0.1) is 18.8 Å². The predicted molar refractivity (Wildman–Crippen MR) is 61.7 cm³/mol. The summed E-state index contributed by atoms with van der Waals surface area (Å²) in [6.07, 6.45) is 3.06. The zero-order chi connectivity index (χ0) is 12.9. The van der Waals surface area contributed by atoms with Gasteiger partial charge in [-0.2, -0.15) is 0 Å². The molecule has 4 N–H and O–H groups in total. The number of hydrogen-bond donors (Lipinski definition) is 4. The van der Waals surface area contributed by atoms with Gasteiger partial charge in [0.1, 0.15) is 5.56 Å². The maximum atomic E-state index is 11.8. The van der Waals surface area contributed by atoms with Crippen LogP contribution in [0.15, 0.2) is 23.3 Å². The van der Waals surface area contributed by atoms with Crippen LogP contribution in [0.5, 0.6) is 0 Å². The molecule has 1 aromatic heterocycles. The topological polar surface area (TPSA) is 102 Å². The molecule has 0 aliphatic carbocycles. The van der Waals surface area contributed by atoms with Crippen molar-refractivity contribution in [2.45, 2.75) is 18.9 Å². The number of aromatic amines is 1. The molecule has 0 aliphatic rings. The van der Waals surface area contributed by atoms with Crippen molar-refractivity contribution in [2.24, 2.45) is 0 Å². The Balaban J connectivity index is 2.93. The van der Waals surface area contributed by atoms with Gasteiger partial charge in [0.15, 0.2) is 5.43 Å². The molecular formula is C11H16N2O4. The van der Waals surface area contributed by atoms with Crippen LogP contribution in [-0.2, 0) is 0 Å². The van der Waals surface area contributed by atoms with Crippen molar-refractivity contribution in [3.05, 3.63) is 34.2 Å². The van der Waals surface area contributed by atoms with Crippen LogP contribution >= 0.6 is 0 Å². The standard InChI is InChI=1S/C11H16N2O4/c1-2-11(6-14,7-15)13-10(17)8-5-12-4-3-9(8)16/h3-5,14-15H,2,6-7H2,1H3,(H,12,16)(H,13,17). The average molecular weight is 240 g/mol. The zero-order valence-corrected chi connectivity index (χ0v) is 9.56. The second-order valence-electron chi connectivity index (χ2n) is 3.83. The minimum atomic E-state index is -1.10. The van der Waals surface area contributed by atoms with Gasteiger partial charge in [-0.25, -0.2) is 0 Å². The lowest BCUT2D eigenvalue weighted by Crippen LogP contribution is -2.54. The molecule has 0 saturated carbocycles. The van der Waals surface area contributed by atoms with Crippen molar-refractivity contribution in [3.63, 3.8) is 0 Å². The molecular weight excluding hydrogens is 224 g/mol. The third kappa shape index (κ3) is 2.92. The zero-order valence-electron chi connectivity index (χ0n) is 9.56. The highest BCUT2D eigenvalue weighted by Gasteiger charge is 2.29. The van der Waals surface area contributed by atoms with Gasteiger partial charge in [0, 0.05) is 18.5 Å². The smallest absolute Gasteiger partial charge is 0.257 e. The van der Waals surface area contributed by atoms with E-state index in [1.807, 2.05) is 0 Å². The first kappa shape index (κ1) is 13.4. The van der Waals surface area contributed by atoms with Crippen molar-refractivity contribution in [2.75, 3.05) is 13.2 Å². The Hall–Kier alpha value is -1.66. The molecule has 0 fully saturated rings. The van der Waals surface area contributed by atoms with Crippen LogP contribution in [0.2, 0.25) is 0 Å². The van der Waals surface area contributed by atoms with E-state index in [4.69, 9.17) is 0 Å². The Labute approximate surface area is 98.3 Å². The van der Waals surface area contributed by atoms with E-state index in [1.165, 1.54) is 18.5 Å². The fourth-order valence-electron chi connectivity index (χ4n) is 1.34. The van der Waals surface area contributed by atoms with Crippen LogP contribution in [0, 0.1) is 0 Å². The number of rotatable bonds is 5. The number of amides is 1. The number of nitrogens with one attached hydrogen (secondary N) is 2. The Morgan fingerprint density at radius 3 is 2.59 bits per heavy atom. The van der Waals surface area contributed by atoms with Crippen LogP contribution in [0.3, 0.4) is 0 Å². The average Bonchev–Trinajstić information content (AvgIpc) is 2.36. The minimum Gasteiger partial charge on any atom is -0.394 e. The van der Waals surface area contributed by atoms with Gasteiger partial charge in [-0.1, -0.05) is 6.92 Å². The van der Waals surface area contributed by atoms with E-state index in [-0.39, 0.29) is 5.56 Å². The highest BCUT2D eigenvalue weighted by Crippen LogP contribution is 2.09. The molecule has 6 nitrogen and oxygen atoms in total. The van der Waals surface area contributed by atoms with Gasteiger partial charge in [0.2, 0.25) is 0 Å². The predicted octanol–water partition coefficient (Wildman–Crippen LogP) is -0.762. The summed E-state index contributed by atoms with van der Waals surface area (Å²) in [7, 11) is 0. The monoisotopic (exact) mass is 240 g/mol. The summed E-state index contributed by atoms with van der Waals surface area (Å²) in [5.41, 5.74) is -1.56. The number of pyridine rings is 1. The maximum Gasteiger partial charge on any atom is 0.257 e. The second-order valence-corrected chi connectivity index (χ2v) is 3.83. The summed E-state index contributed by atoms with van der Waals surface area (Å²) in [5, 5.41) is 20.8. The largest absolute Gasteiger partial charge is 0.394 e. The molecule has 6 heteroatoms. The Kier molecular flexibility index (Phi) is 4.42. The number of H-pyrrole nitrogens is 1. The molecule has 1 aromatic rings. The number of aliphatic hydroxyl groups is 2. The quantitative estimate of drug-likeness (QED) is 0.543. The molecule has 0 aromatic carbocycles. The molecule has 0 spiro atoms. The van der Waals surface area contributed by atoms with Crippen LogP contribution in [0.1, 0.15) is 23.7 Å². The summed E-state index contributed by atoms with van der Waals surface area (Å²) in [6, 6.07) is 1.24. The molecule has 0 radical (unpaired) electrons. The van der Waals surface area contributed by atoms with Crippen LogP contribution in [0.25, 0.3) is 0 Å². The van der Waals surface area contributed by atoms with E-state index in [0.29, 0.717) is 6.42 Å². The van der Waals surface area contributed by atoms with E-state index in [2.05, 4.69) is 10.3 Å². The molecule has 0 unspecified atom stereocenters. The van der Waals surface area contributed by atoms with E-state index in [0.717, 1.165) is 0 Å². The molecule has 0 aliphatic heterocycles. The van der Waals surface area contributed by atoms with Crippen LogP contribution in [0.4, 0.5) is 0 Å². The summed E-state index contributed by atoms with van der Waals surface area (Å²) in [6.45, 7) is 0.939. The molecule has 0 bridgehead atoms. The summed E-state index contributed by atoms with van der Waals surface area (Å²) in [4.78, 5) is 25.8. The van der Waals surface area contributed by atoms with E-state index in [1.54, 1.807) is 6.92 Å². The normalized spacial score (nSPS) is 11.2. The fraction of sp³-hybridized carbons (Fsp3) is 0.455. The van der Waals surface area contributed by atoms with Gasteiger partial charge >= 0.3 is 0 Å². The third-order valence-corrected chi connectivity index (χ3v) is 2.73. The molecule has 0 saturated heterocycles. The Morgan fingerprint density at radius 1 is 1.47 bits per heavy atom. The van der Waals surface area contributed by atoms with Crippen molar-refractivity contribution in [1.82, 2.24) is 10.3 Å². The van der Waals surface area contributed by atoms with E-state index >= 15 is 0 Å². The molecule has 0 atom stereocenters. The number of carbonyl (C=O) groups excluding carboxylic acids is 1. The highest BCUT2D eigenvalue weighted by atomic mass is 16.3. The SMILES string of the molecule is CCC(CO)(CO)NC(=O)c1c[nH]ccc1=O. The lowest BCUT2D eigenvalue weighted by Gasteiger charge is -2.29. The van der Waals surface area contributed by atoms with Gasteiger partial charge in [-0.05, 0) is 6.42 Å². The first-order valence-electron chi connectivity index (χ1n) is 5.30. The lowest BCUT2D eigenvalue weighted by molar-refractivity contribution is 0.0652. The minimum absolute atomic E-state index is 0.0489. The van der Waals surface area contributed by atoms with E-state index < -0.39 is 30.1 Å². The Bertz CT molecular complexity index is 429. The maximum absolute atomic E-state index is 11.8. The van der Waals surface area contributed by atoms with Crippen molar-refractivity contribution >= 4 is 5.91 Å². The summed E-state index contributed by atoms with van der Waals surface area (Å²) >= 11 is 0.